The molecular weight excluding hydrogens is 530 g/mol. The minimum atomic E-state index is -1.46. The molecule has 0 amide bonds. The van der Waals surface area contributed by atoms with Gasteiger partial charge in [0.2, 0.25) is 11.5 Å². The molecule has 0 fully saturated rings. The van der Waals surface area contributed by atoms with Crippen LogP contribution in [0, 0.1) is 6.92 Å². The van der Waals surface area contributed by atoms with E-state index in [2.05, 4.69) is 24.3 Å². The normalized spacial score (nSPS) is 12.4. The standard InChI is InChI=1S/C35H33NO6/c1-24-32(36-33(41-24)28-16-14-27(15-17-28)26-8-5-4-6-9-26)20-21-40-29-18-12-25(13-19-29)23-35(2,34(37)38)42-31-11-7-10-30(22-31)39-3/h4-19,22H,20-21,23H2,1-3H3,(H,37,38). The second-order valence-electron chi connectivity index (χ2n) is 10.2. The highest BCUT2D eigenvalue weighted by molar-refractivity contribution is 5.78. The molecule has 1 aromatic heterocycles. The number of aromatic nitrogens is 1. The summed E-state index contributed by atoms with van der Waals surface area (Å²) in [5.74, 6) is 2.00. The topological polar surface area (TPSA) is 91.0 Å². The summed E-state index contributed by atoms with van der Waals surface area (Å²) in [4.78, 5) is 16.8. The van der Waals surface area contributed by atoms with Crippen molar-refractivity contribution < 1.29 is 28.5 Å². The van der Waals surface area contributed by atoms with Crippen LogP contribution in [-0.4, -0.2) is 35.4 Å². The number of benzene rings is 4. The van der Waals surface area contributed by atoms with Crippen LogP contribution in [0.2, 0.25) is 0 Å². The Morgan fingerprint density at radius 2 is 1.50 bits per heavy atom. The smallest absolute Gasteiger partial charge is 0.348 e. The van der Waals surface area contributed by atoms with Gasteiger partial charge in [0.1, 0.15) is 23.0 Å². The Bertz CT molecular complexity index is 1630. The van der Waals surface area contributed by atoms with Crippen LogP contribution in [0.4, 0.5) is 0 Å². The zero-order chi connectivity index (χ0) is 29.5. The summed E-state index contributed by atoms with van der Waals surface area (Å²) in [6.07, 6.45) is 0.762. The monoisotopic (exact) mass is 563 g/mol. The van der Waals surface area contributed by atoms with E-state index in [9.17, 15) is 9.90 Å². The Labute approximate surface area is 245 Å². The number of carbonyl (C=O) groups is 1. The van der Waals surface area contributed by atoms with Crippen LogP contribution < -0.4 is 14.2 Å². The average Bonchev–Trinajstić information content (AvgIpc) is 3.38. The van der Waals surface area contributed by atoms with Crippen LogP contribution in [0.15, 0.2) is 108 Å². The van der Waals surface area contributed by atoms with Crippen molar-refractivity contribution in [3.8, 4) is 39.8 Å². The Morgan fingerprint density at radius 3 is 2.19 bits per heavy atom. The number of aryl methyl sites for hydroxylation is 1. The van der Waals surface area contributed by atoms with Crippen LogP contribution in [0.3, 0.4) is 0 Å². The molecule has 42 heavy (non-hydrogen) atoms. The lowest BCUT2D eigenvalue weighted by molar-refractivity contribution is -0.153. The van der Waals surface area contributed by atoms with E-state index in [1.807, 2.05) is 61.5 Å². The van der Waals surface area contributed by atoms with Crippen molar-refractivity contribution in [2.45, 2.75) is 32.3 Å². The van der Waals surface area contributed by atoms with Gasteiger partial charge < -0.3 is 23.7 Å². The molecule has 4 aromatic carbocycles. The number of rotatable bonds is 12. The van der Waals surface area contributed by atoms with Crippen LogP contribution in [0.1, 0.15) is 23.9 Å². The fourth-order valence-corrected chi connectivity index (χ4v) is 4.66. The number of ether oxygens (including phenoxy) is 3. The highest BCUT2D eigenvalue weighted by Gasteiger charge is 2.36. The van der Waals surface area contributed by atoms with E-state index in [4.69, 9.17) is 23.6 Å². The Kier molecular flexibility index (Phi) is 8.58. The summed E-state index contributed by atoms with van der Waals surface area (Å²) < 4.78 is 23.0. The van der Waals surface area contributed by atoms with Crippen molar-refractivity contribution in [1.29, 1.82) is 0 Å². The number of methoxy groups -OCH3 is 1. The molecule has 1 atom stereocenters. The minimum Gasteiger partial charge on any atom is -0.497 e. The Morgan fingerprint density at radius 1 is 0.833 bits per heavy atom. The number of carboxylic acids is 1. The summed E-state index contributed by atoms with van der Waals surface area (Å²) in [5, 5.41) is 9.92. The summed E-state index contributed by atoms with van der Waals surface area (Å²) in [7, 11) is 1.55. The average molecular weight is 564 g/mol. The van der Waals surface area contributed by atoms with Gasteiger partial charge >= 0.3 is 5.97 Å². The van der Waals surface area contributed by atoms with Crippen LogP contribution in [0.5, 0.6) is 17.2 Å². The van der Waals surface area contributed by atoms with Gasteiger partial charge in [-0.05, 0) is 66.9 Å². The molecule has 7 heteroatoms. The SMILES string of the molecule is COc1cccc(OC(C)(Cc2ccc(OCCc3nc(-c4ccc(-c5ccccc5)cc4)oc3C)cc2)C(=O)O)c1. The molecule has 1 unspecified atom stereocenters. The van der Waals surface area contributed by atoms with Crippen molar-refractivity contribution in [3.05, 3.63) is 120 Å². The fraction of sp³-hybridized carbons (Fsp3) is 0.200. The number of oxazole rings is 1. The molecule has 0 aliphatic carbocycles. The molecule has 0 saturated carbocycles. The maximum Gasteiger partial charge on any atom is 0.348 e. The molecule has 0 radical (unpaired) electrons. The third-order valence-electron chi connectivity index (χ3n) is 7.04. The largest absolute Gasteiger partial charge is 0.497 e. The predicted molar refractivity (Wildman–Crippen MR) is 161 cm³/mol. The van der Waals surface area contributed by atoms with Crippen molar-refractivity contribution in [2.24, 2.45) is 0 Å². The lowest BCUT2D eigenvalue weighted by Gasteiger charge is -2.26. The molecule has 1 heterocycles. The minimum absolute atomic E-state index is 0.174. The van der Waals surface area contributed by atoms with Gasteiger partial charge in [0.05, 0.1) is 19.4 Å². The predicted octanol–water partition coefficient (Wildman–Crippen LogP) is 7.41. The summed E-state index contributed by atoms with van der Waals surface area (Å²) in [6, 6.07) is 32.7. The third kappa shape index (κ3) is 6.81. The molecule has 0 aliphatic heterocycles. The van der Waals surface area contributed by atoms with E-state index in [0.717, 1.165) is 33.7 Å². The fourth-order valence-electron chi connectivity index (χ4n) is 4.66. The van der Waals surface area contributed by atoms with E-state index in [1.165, 1.54) is 0 Å². The van der Waals surface area contributed by atoms with Crippen LogP contribution in [-0.2, 0) is 17.6 Å². The summed E-state index contributed by atoms with van der Waals surface area (Å²) in [5.41, 5.74) is 3.42. The molecule has 0 saturated heterocycles. The second kappa shape index (κ2) is 12.6. The van der Waals surface area contributed by atoms with Gasteiger partial charge in [0.25, 0.3) is 0 Å². The number of hydrogen-bond donors (Lipinski definition) is 1. The number of carboxylic acid groups (broad SMARTS) is 1. The highest BCUT2D eigenvalue weighted by Crippen LogP contribution is 2.28. The van der Waals surface area contributed by atoms with Crippen molar-refractivity contribution in [1.82, 2.24) is 4.98 Å². The first kappa shape index (κ1) is 28.5. The summed E-state index contributed by atoms with van der Waals surface area (Å²) in [6.45, 7) is 3.89. The van der Waals surface area contributed by atoms with E-state index < -0.39 is 11.6 Å². The van der Waals surface area contributed by atoms with E-state index >= 15 is 0 Å². The van der Waals surface area contributed by atoms with Gasteiger partial charge in [-0.15, -0.1) is 0 Å². The maximum atomic E-state index is 12.1. The van der Waals surface area contributed by atoms with Crippen LogP contribution >= 0.6 is 0 Å². The van der Waals surface area contributed by atoms with E-state index in [0.29, 0.717) is 36.2 Å². The molecule has 5 aromatic rings. The molecule has 7 nitrogen and oxygen atoms in total. The van der Waals surface area contributed by atoms with Gasteiger partial charge in [-0.2, -0.15) is 0 Å². The Hall–Kier alpha value is -5.04. The van der Waals surface area contributed by atoms with Gasteiger partial charge in [0, 0.05) is 24.5 Å². The number of nitrogens with zero attached hydrogens (tertiary/aromatic N) is 1. The van der Waals surface area contributed by atoms with Gasteiger partial charge in [-0.3, -0.25) is 0 Å². The quantitative estimate of drug-likeness (QED) is 0.169. The molecule has 0 spiro atoms. The molecule has 0 aliphatic rings. The molecule has 214 valence electrons. The van der Waals surface area contributed by atoms with Crippen molar-refractivity contribution in [2.75, 3.05) is 13.7 Å². The zero-order valence-electron chi connectivity index (χ0n) is 23.9. The van der Waals surface area contributed by atoms with E-state index in [1.54, 1.807) is 38.3 Å². The van der Waals surface area contributed by atoms with Gasteiger partial charge in [-0.1, -0.05) is 60.7 Å². The van der Waals surface area contributed by atoms with Crippen molar-refractivity contribution in [3.63, 3.8) is 0 Å². The maximum absolute atomic E-state index is 12.1. The van der Waals surface area contributed by atoms with Crippen molar-refractivity contribution >= 4 is 5.97 Å². The molecular formula is C35H33NO6. The highest BCUT2D eigenvalue weighted by atomic mass is 16.5. The van der Waals surface area contributed by atoms with Crippen LogP contribution in [0.25, 0.3) is 22.6 Å². The first-order chi connectivity index (χ1) is 20.3. The first-order valence-corrected chi connectivity index (χ1v) is 13.7. The zero-order valence-corrected chi connectivity index (χ0v) is 23.9. The van der Waals surface area contributed by atoms with Gasteiger partial charge in [-0.25, -0.2) is 9.78 Å². The summed E-state index contributed by atoms with van der Waals surface area (Å²) >= 11 is 0. The van der Waals surface area contributed by atoms with E-state index in [-0.39, 0.29) is 6.42 Å². The number of hydrogen-bond acceptors (Lipinski definition) is 6. The molecule has 5 rings (SSSR count). The lowest BCUT2D eigenvalue weighted by atomic mass is 9.96. The number of aliphatic carboxylic acids is 1. The first-order valence-electron chi connectivity index (χ1n) is 13.7. The Balaban J connectivity index is 1.17. The lowest BCUT2D eigenvalue weighted by Crippen LogP contribution is -2.43. The molecule has 0 bridgehead atoms. The molecule has 1 N–H and O–H groups in total. The second-order valence-corrected chi connectivity index (χ2v) is 10.2. The third-order valence-corrected chi connectivity index (χ3v) is 7.04. The van der Waals surface area contributed by atoms with Gasteiger partial charge in [0.15, 0.2) is 0 Å².